The molecule has 0 bridgehead atoms. The molecule has 0 atom stereocenters. The standard InChI is InChI=1S/C11H10N2O3/c1-16-10(14)6-9-11(15)13-8-5-3-2-4-7(8)12-9/h2-6,12H,1H3,(H,13,15)/b9-6+. The third-order valence-electron chi connectivity index (χ3n) is 2.15. The number of anilines is 2. The van der Waals surface area contributed by atoms with Crippen molar-refractivity contribution in [3.8, 4) is 0 Å². The third kappa shape index (κ3) is 1.88. The molecule has 0 spiro atoms. The Morgan fingerprint density at radius 1 is 1.25 bits per heavy atom. The molecule has 1 heterocycles. The van der Waals surface area contributed by atoms with Crippen molar-refractivity contribution in [2.75, 3.05) is 17.7 Å². The summed E-state index contributed by atoms with van der Waals surface area (Å²) in [5.74, 6) is -0.930. The number of rotatable bonds is 1. The molecule has 0 saturated heterocycles. The Labute approximate surface area is 92.1 Å². The zero-order valence-electron chi connectivity index (χ0n) is 8.61. The van der Waals surface area contributed by atoms with E-state index < -0.39 is 5.97 Å². The first-order chi connectivity index (χ1) is 7.70. The molecule has 0 saturated carbocycles. The lowest BCUT2D eigenvalue weighted by molar-refractivity contribution is -0.135. The van der Waals surface area contributed by atoms with Gasteiger partial charge < -0.3 is 15.4 Å². The highest BCUT2D eigenvalue weighted by atomic mass is 16.5. The molecule has 82 valence electrons. The molecule has 1 amide bonds. The van der Waals surface area contributed by atoms with Crippen molar-refractivity contribution < 1.29 is 14.3 Å². The van der Waals surface area contributed by atoms with Gasteiger partial charge in [0.15, 0.2) is 0 Å². The van der Waals surface area contributed by atoms with Crippen LogP contribution in [0, 0.1) is 0 Å². The van der Waals surface area contributed by atoms with E-state index in [1.807, 2.05) is 12.1 Å². The summed E-state index contributed by atoms with van der Waals surface area (Å²) in [7, 11) is 1.26. The minimum atomic E-state index is -0.572. The number of fused-ring (bicyclic) bond motifs is 1. The molecule has 0 fully saturated rings. The Bertz CT molecular complexity index is 480. The predicted octanol–water partition coefficient (Wildman–Crippen LogP) is 1.11. The van der Waals surface area contributed by atoms with Crippen LogP contribution in [0.4, 0.5) is 11.4 Å². The quantitative estimate of drug-likeness (QED) is 0.547. The van der Waals surface area contributed by atoms with Gasteiger partial charge in [-0.25, -0.2) is 4.79 Å². The number of para-hydroxylation sites is 2. The number of carbonyl (C=O) groups excluding carboxylic acids is 2. The van der Waals surface area contributed by atoms with Crippen molar-refractivity contribution in [1.29, 1.82) is 0 Å². The van der Waals surface area contributed by atoms with Gasteiger partial charge in [0, 0.05) is 0 Å². The van der Waals surface area contributed by atoms with Crippen LogP contribution in [0.25, 0.3) is 0 Å². The van der Waals surface area contributed by atoms with E-state index in [0.717, 1.165) is 11.8 Å². The average Bonchev–Trinajstić information content (AvgIpc) is 2.30. The van der Waals surface area contributed by atoms with E-state index in [1.54, 1.807) is 12.1 Å². The van der Waals surface area contributed by atoms with Gasteiger partial charge in [-0.2, -0.15) is 0 Å². The van der Waals surface area contributed by atoms with Crippen LogP contribution in [0.3, 0.4) is 0 Å². The summed E-state index contributed by atoms with van der Waals surface area (Å²) in [6, 6.07) is 7.23. The van der Waals surface area contributed by atoms with Crippen molar-refractivity contribution in [3.05, 3.63) is 36.0 Å². The summed E-state index contributed by atoms with van der Waals surface area (Å²) < 4.78 is 4.45. The van der Waals surface area contributed by atoms with Crippen molar-refractivity contribution in [1.82, 2.24) is 0 Å². The summed E-state index contributed by atoms with van der Waals surface area (Å²) in [6.07, 6.45) is 1.12. The van der Waals surface area contributed by atoms with Gasteiger partial charge in [-0.3, -0.25) is 4.79 Å². The number of benzene rings is 1. The number of methoxy groups -OCH3 is 1. The number of esters is 1. The number of nitrogens with one attached hydrogen (secondary N) is 2. The topological polar surface area (TPSA) is 67.4 Å². The second-order valence-electron chi connectivity index (χ2n) is 3.21. The van der Waals surface area contributed by atoms with Gasteiger partial charge in [-0.1, -0.05) is 12.1 Å². The van der Waals surface area contributed by atoms with Crippen LogP contribution in [0.1, 0.15) is 0 Å². The lowest BCUT2D eigenvalue weighted by Crippen LogP contribution is -2.26. The molecule has 5 heteroatoms. The lowest BCUT2D eigenvalue weighted by atomic mass is 10.2. The van der Waals surface area contributed by atoms with Gasteiger partial charge in [0.2, 0.25) is 0 Å². The Balaban J connectivity index is 2.31. The van der Waals surface area contributed by atoms with E-state index in [2.05, 4.69) is 15.4 Å². The summed E-state index contributed by atoms with van der Waals surface area (Å²) >= 11 is 0. The SMILES string of the molecule is COC(=O)/C=C1/Nc2ccccc2NC1=O. The van der Waals surface area contributed by atoms with Gasteiger partial charge in [-0.05, 0) is 12.1 Å². The van der Waals surface area contributed by atoms with Crippen LogP contribution in [-0.2, 0) is 14.3 Å². The number of carbonyl (C=O) groups is 2. The summed E-state index contributed by atoms with van der Waals surface area (Å²) in [4.78, 5) is 22.6. The maximum atomic E-state index is 11.6. The van der Waals surface area contributed by atoms with Crippen LogP contribution in [0.5, 0.6) is 0 Å². The van der Waals surface area contributed by atoms with Gasteiger partial charge >= 0.3 is 5.97 Å². The predicted molar refractivity (Wildman–Crippen MR) is 58.8 cm³/mol. The Morgan fingerprint density at radius 2 is 1.88 bits per heavy atom. The van der Waals surface area contributed by atoms with Gasteiger partial charge in [0.1, 0.15) is 5.70 Å². The molecule has 1 aliphatic rings. The first kappa shape index (κ1) is 10.2. The summed E-state index contributed by atoms with van der Waals surface area (Å²) in [5, 5.41) is 5.52. The van der Waals surface area contributed by atoms with E-state index in [0.29, 0.717) is 5.69 Å². The van der Waals surface area contributed by atoms with Crippen LogP contribution < -0.4 is 10.6 Å². The highest BCUT2D eigenvalue weighted by Crippen LogP contribution is 2.26. The van der Waals surface area contributed by atoms with Crippen LogP contribution in [0.15, 0.2) is 36.0 Å². The minimum Gasteiger partial charge on any atom is -0.466 e. The second kappa shape index (κ2) is 4.06. The molecular formula is C11H10N2O3. The fourth-order valence-corrected chi connectivity index (χ4v) is 1.37. The van der Waals surface area contributed by atoms with Crippen molar-refractivity contribution in [2.24, 2.45) is 0 Å². The molecule has 16 heavy (non-hydrogen) atoms. The second-order valence-corrected chi connectivity index (χ2v) is 3.21. The molecule has 0 aliphatic carbocycles. The van der Waals surface area contributed by atoms with E-state index >= 15 is 0 Å². The third-order valence-corrected chi connectivity index (χ3v) is 2.15. The maximum absolute atomic E-state index is 11.6. The number of hydrogen-bond donors (Lipinski definition) is 2. The molecule has 0 aromatic heterocycles. The molecule has 0 radical (unpaired) electrons. The first-order valence-corrected chi connectivity index (χ1v) is 4.68. The molecule has 0 unspecified atom stereocenters. The molecule has 2 rings (SSSR count). The van der Waals surface area contributed by atoms with E-state index in [1.165, 1.54) is 7.11 Å². The zero-order chi connectivity index (χ0) is 11.5. The number of hydrogen-bond acceptors (Lipinski definition) is 4. The first-order valence-electron chi connectivity index (χ1n) is 4.68. The molecule has 1 aromatic carbocycles. The van der Waals surface area contributed by atoms with E-state index in [-0.39, 0.29) is 11.6 Å². The van der Waals surface area contributed by atoms with Crippen molar-refractivity contribution >= 4 is 23.3 Å². The van der Waals surface area contributed by atoms with Crippen LogP contribution in [-0.4, -0.2) is 19.0 Å². The lowest BCUT2D eigenvalue weighted by Gasteiger charge is -2.20. The molecule has 5 nitrogen and oxygen atoms in total. The van der Waals surface area contributed by atoms with Gasteiger partial charge in [0.05, 0.1) is 24.6 Å². The van der Waals surface area contributed by atoms with Gasteiger partial charge in [0.25, 0.3) is 5.91 Å². The van der Waals surface area contributed by atoms with E-state index in [9.17, 15) is 9.59 Å². The minimum absolute atomic E-state index is 0.172. The highest BCUT2D eigenvalue weighted by molar-refractivity contribution is 6.13. The average molecular weight is 218 g/mol. The zero-order valence-corrected chi connectivity index (χ0v) is 8.61. The Morgan fingerprint density at radius 3 is 2.50 bits per heavy atom. The summed E-state index contributed by atoms with van der Waals surface area (Å²) in [6.45, 7) is 0. The maximum Gasteiger partial charge on any atom is 0.332 e. The normalized spacial score (nSPS) is 16.1. The number of ether oxygens (including phenoxy) is 1. The number of amides is 1. The molecule has 1 aromatic rings. The summed E-state index contributed by atoms with van der Waals surface area (Å²) in [5.41, 5.74) is 1.61. The fraction of sp³-hybridized carbons (Fsp3) is 0.0909. The van der Waals surface area contributed by atoms with Gasteiger partial charge in [-0.15, -0.1) is 0 Å². The van der Waals surface area contributed by atoms with Crippen molar-refractivity contribution in [3.63, 3.8) is 0 Å². The molecule has 1 aliphatic heterocycles. The molecule has 2 N–H and O–H groups in total. The van der Waals surface area contributed by atoms with E-state index in [4.69, 9.17) is 0 Å². The van der Waals surface area contributed by atoms with Crippen molar-refractivity contribution in [2.45, 2.75) is 0 Å². The fourth-order valence-electron chi connectivity index (χ4n) is 1.37. The smallest absolute Gasteiger partial charge is 0.332 e. The monoisotopic (exact) mass is 218 g/mol. The Hall–Kier alpha value is -2.30. The van der Waals surface area contributed by atoms with Crippen LogP contribution in [0.2, 0.25) is 0 Å². The van der Waals surface area contributed by atoms with Crippen LogP contribution >= 0.6 is 0 Å². The molecular weight excluding hydrogens is 208 g/mol. The largest absolute Gasteiger partial charge is 0.466 e. The Kier molecular flexibility index (Phi) is 2.59. The highest BCUT2D eigenvalue weighted by Gasteiger charge is 2.19.